The van der Waals surface area contributed by atoms with Gasteiger partial charge in [0.2, 0.25) is 0 Å². The number of hydrogen-bond acceptors (Lipinski definition) is 1. The van der Waals surface area contributed by atoms with E-state index >= 15 is 0 Å². The van der Waals surface area contributed by atoms with Crippen LogP contribution in [0.15, 0.2) is 18.2 Å². The highest BCUT2D eigenvalue weighted by molar-refractivity contribution is 7.28. The van der Waals surface area contributed by atoms with Gasteiger partial charge in [-0.2, -0.15) is 0 Å². The van der Waals surface area contributed by atoms with E-state index in [1.807, 2.05) is 18.2 Å². The van der Waals surface area contributed by atoms with Crippen LogP contribution in [0.5, 0.6) is 0 Å². The van der Waals surface area contributed by atoms with Crippen LogP contribution in [-0.2, 0) is 0 Å². The normalized spacial score (nSPS) is 9.44. The highest BCUT2D eigenvalue weighted by Gasteiger charge is 1.89. The average molecular weight is 137 g/mol. The zero-order valence-corrected chi connectivity index (χ0v) is 6.54. The minimum atomic E-state index is 0.825. The van der Waals surface area contributed by atoms with Crippen molar-refractivity contribution in [3.63, 3.8) is 0 Å². The first kappa shape index (κ1) is 6.63. The van der Waals surface area contributed by atoms with E-state index in [1.54, 1.807) is 0 Å². The van der Waals surface area contributed by atoms with E-state index in [4.69, 9.17) is 5.73 Å². The molecular formula is C6H9BNP. The third kappa shape index (κ3) is 1.46. The summed E-state index contributed by atoms with van der Waals surface area (Å²) in [6.45, 7) is 0. The van der Waals surface area contributed by atoms with E-state index in [0.29, 0.717) is 0 Å². The Bertz CT molecular complexity index is 224. The Morgan fingerprint density at radius 3 is 2.56 bits per heavy atom. The molecule has 0 aliphatic carbocycles. The Balaban J connectivity index is 3.17. The molecule has 3 heteroatoms. The quantitative estimate of drug-likeness (QED) is 0.278. The summed E-state index contributed by atoms with van der Waals surface area (Å²) < 4.78 is 0. The summed E-state index contributed by atoms with van der Waals surface area (Å²) >= 11 is 0. The van der Waals surface area contributed by atoms with Crippen molar-refractivity contribution < 1.29 is 0 Å². The molecule has 0 bridgehead atoms. The molecule has 0 aliphatic rings. The van der Waals surface area contributed by atoms with Crippen molar-refractivity contribution in [3.05, 3.63) is 18.2 Å². The van der Waals surface area contributed by atoms with Crippen molar-refractivity contribution in [2.45, 2.75) is 0 Å². The fourth-order valence-corrected chi connectivity index (χ4v) is 0.948. The van der Waals surface area contributed by atoms with Crippen molar-refractivity contribution in [2.75, 3.05) is 5.73 Å². The van der Waals surface area contributed by atoms with Gasteiger partial charge in [0, 0.05) is 5.69 Å². The highest BCUT2D eigenvalue weighted by atomic mass is 31.0. The lowest BCUT2D eigenvalue weighted by molar-refractivity contribution is 1.77. The Morgan fingerprint density at radius 2 is 2.11 bits per heavy atom. The fraction of sp³-hybridized carbons (Fsp3) is 0. The Labute approximate surface area is 58.3 Å². The second-order valence-corrected chi connectivity index (χ2v) is 2.74. The first-order valence-corrected chi connectivity index (χ1v) is 3.39. The van der Waals surface area contributed by atoms with Crippen LogP contribution in [0, 0.1) is 0 Å². The van der Waals surface area contributed by atoms with Gasteiger partial charge < -0.3 is 5.73 Å². The van der Waals surface area contributed by atoms with Crippen molar-refractivity contribution in [1.82, 2.24) is 0 Å². The topological polar surface area (TPSA) is 26.0 Å². The first-order chi connectivity index (χ1) is 4.20. The summed E-state index contributed by atoms with van der Waals surface area (Å²) in [5.74, 6) is 0. The minimum absolute atomic E-state index is 0.825. The van der Waals surface area contributed by atoms with E-state index < -0.39 is 0 Å². The number of anilines is 1. The molecule has 0 heterocycles. The van der Waals surface area contributed by atoms with Crippen molar-refractivity contribution >= 4 is 33.5 Å². The molecule has 1 rings (SSSR count). The molecule has 0 fully saturated rings. The molecule has 1 aromatic rings. The molecule has 0 amide bonds. The molecule has 46 valence electrons. The molecule has 1 atom stereocenters. The molecule has 0 saturated carbocycles. The van der Waals surface area contributed by atoms with Crippen LogP contribution < -0.4 is 16.5 Å². The van der Waals surface area contributed by atoms with Gasteiger partial charge in [-0.25, -0.2) is 0 Å². The van der Waals surface area contributed by atoms with Crippen molar-refractivity contribution in [3.8, 4) is 0 Å². The van der Waals surface area contributed by atoms with E-state index in [-0.39, 0.29) is 0 Å². The van der Waals surface area contributed by atoms with E-state index in [1.165, 1.54) is 10.8 Å². The Morgan fingerprint density at radius 1 is 1.44 bits per heavy atom. The van der Waals surface area contributed by atoms with Gasteiger partial charge >= 0.3 is 0 Å². The predicted octanol–water partition coefficient (Wildman–Crippen LogP) is -0.972. The van der Waals surface area contributed by atoms with Crippen LogP contribution in [0.4, 0.5) is 5.69 Å². The number of hydrogen-bond donors (Lipinski definition) is 1. The van der Waals surface area contributed by atoms with Gasteiger partial charge in [-0.1, -0.05) is 11.5 Å². The minimum Gasteiger partial charge on any atom is -0.399 e. The van der Waals surface area contributed by atoms with E-state index in [2.05, 4.69) is 17.1 Å². The maximum Gasteiger partial charge on any atom is 0.140 e. The molecule has 9 heavy (non-hydrogen) atoms. The SMILES string of the molecule is Bc1ccc(N)cc1P. The second-order valence-electron chi connectivity index (χ2n) is 2.12. The predicted molar refractivity (Wildman–Crippen MR) is 48.4 cm³/mol. The Kier molecular flexibility index (Phi) is 1.77. The summed E-state index contributed by atoms with van der Waals surface area (Å²) in [4.78, 5) is 0. The van der Waals surface area contributed by atoms with Gasteiger partial charge in [0.25, 0.3) is 0 Å². The fourth-order valence-electron chi connectivity index (χ4n) is 0.659. The molecular weight excluding hydrogens is 128 g/mol. The second kappa shape index (κ2) is 2.41. The van der Waals surface area contributed by atoms with Crippen LogP contribution >= 0.6 is 9.24 Å². The molecule has 1 aromatic carbocycles. The summed E-state index contributed by atoms with van der Waals surface area (Å²) in [6.07, 6.45) is 0. The smallest absolute Gasteiger partial charge is 0.140 e. The first-order valence-electron chi connectivity index (χ1n) is 2.82. The van der Waals surface area contributed by atoms with Gasteiger partial charge in [0.05, 0.1) is 0 Å². The summed E-state index contributed by atoms with van der Waals surface area (Å²) in [7, 11) is 4.70. The maximum atomic E-state index is 5.51. The average Bonchev–Trinajstić information content (AvgIpc) is 1.80. The molecule has 0 spiro atoms. The largest absolute Gasteiger partial charge is 0.399 e. The summed E-state index contributed by atoms with van der Waals surface area (Å²) in [5, 5.41) is 1.18. The van der Waals surface area contributed by atoms with Gasteiger partial charge in [0.15, 0.2) is 0 Å². The highest BCUT2D eigenvalue weighted by Crippen LogP contribution is 1.96. The van der Waals surface area contributed by atoms with E-state index in [9.17, 15) is 0 Å². The molecule has 1 unspecified atom stereocenters. The van der Waals surface area contributed by atoms with Gasteiger partial charge in [-0.3, -0.25) is 0 Å². The standard InChI is InChI=1S/C6H9BNP/c7-5-2-1-4(8)3-6(5)9/h1-3H,7-9H2. The maximum absolute atomic E-state index is 5.51. The lowest BCUT2D eigenvalue weighted by atomic mass is 9.96. The van der Waals surface area contributed by atoms with Crippen LogP contribution in [0.2, 0.25) is 0 Å². The number of benzene rings is 1. The van der Waals surface area contributed by atoms with Gasteiger partial charge in [-0.05, 0) is 17.4 Å². The molecule has 0 aromatic heterocycles. The zero-order chi connectivity index (χ0) is 6.85. The molecule has 2 N–H and O–H groups in total. The number of nitrogens with two attached hydrogens (primary N) is 1. The number of rotatable bonds is 0. The van der Waals surface area contributed by atoms with Crippen LogP contribution in [0.1, 0.15) is 0 Å². The van der Waals surface area contributed by atoms with Gasteiger partial charge in [-0.15, -0.1) is 9.24 Å². The third-order valence-electron chi connectivity index (χ3n) is 1.30. The monoisotopic (exact) mass is 137 g/mol. The van der Waals surface area contributed by atoms with Crippen molar-refractivity contribution in [2.24, 2.45) is 0 Å². The summed E-state index contributed by atoms with van der Waals surface area (Å²) in [5.41, 5.74) is 7.60. The van der Waals surface area contributed by atoms with E-state index in [0.717, 1.165) is 5.69 Å². The zero-order valence-electron chi connectivity index (χ0n) is 5.39. The Hall–Kier alpha value is -0.485. The summed E-state index contributed by atoms with van der Waals surface area (Å²) in [6, 6.07) is 5.86. The molecule has 1 nitrogen and oxygen atoms in total. The number of nitrogen functional groups attached to an aromatic ring is 1. The molecule has 0 aliphatic heterocycles. The van der Waals surface area contributed by atoms with Crippen LogP contribution in [0.3, 0.4) is 0 Å². The van der Waals surface area contributed by atoms with Crippen LogP contribution in [-0.4, -0.2) is 7.85 Å². The van der Waals surface area contributed by atoms with Gasteiger partial charge in [0.1, 0.15) is 7.85 Å². The van der Waals surface area contributed by atoms with Crippen molar-refractivity contribution in [1.29, 1.82) is 0 Å². The third-order valence-corrected chi connectivity index (χ3v) is 1.93. The molecule has 0 radical (unpaired) electrons. The lowest BCUT2D eigenvalue weighted by Crippen LogP contribution is -2.18. The van der Waals surface area contributed by atoms with Crippen LogP contribution in [0.25, 0.3) is 0 Å². The lowest BCUT2D eigenvalue weighted by Gasteiger charge is -1.98. The molecule has 0 saturated heterocycles.